The van der Waals surface area contributed by atoms with Crippen LogP contribution in [0.3, 0.4) is 0 Å². The average molecular weight is 255 g/mol. The summed E-state index contributed by atoms with van der Waals surface area (Å²) in [7, 11) is -2.17. The molecule has 0 aliphatic heterocycles. The van der Waals surface area contributed by atoms with Crippen molar-refractivity contribution in [3.8, 4) is 0 Å². The molecule has 1 aromatic rings. The molecule has 0 heterocycles. The van der Waals surface area contributed by atoms with Gasteiger partial charge < -0.3 is 4.74 Å². The fourth-order valence-corrected chi connectivity index (χ4v) is 2.68. The van der Waals surface area contributed by atoms with Crippen LogP contribution in [0.1, 0.15) is 23.2 Å². The smallest absolute Gasteiger partial charge is 0.337 e. The van der Waals surface area contributed by atoms with E-state index in [0.29, 0.717) is 5.56 Å². The summed E-state index contributed by atoms with van der Waals surface area (Å²) in [5.41, 5.74) is 0.331. The monoisotopic (exact) mass is 255 g/mol. The van der Waals surface area contributed by atoms with Crippen molar-refractivity contribution in [1.29, 1.82) is 0 Å². The normalized spacial score (nSPS) is 15.6. The Hall–Kier alpha value is -1.40. The molecule has 1 fully saturated rings. The number of carbonyl (C=O) groups excluding carboxylic acids is 1. The van der Waals surface area contributed by atoms with Gasteiger partial charge in [0.25, 0.3) is 0 Å². The summed E-state index contributed by atoms with van der Waals surface area (Å²) in [6, 6.07) is 5.74. The van der Waals surface area contributed by atoms with Gasteiger partial charge in [0.05, 0.1) is 17.6 Å². The first-order valence-electron chi connectivity index (χ1n) is 5.23. The molecular weight excluding hydrogens is 242 g/mol. The SMILES string of the molecule is COC(=O)c1ccc(S(=O)(=O)NC2CC2)cc1. The average Bonchev–Trinajstić information content (AvgIpc) is 3.11. The standard InChI is InChI=1S/C11H13NO4S/c1-16-11(13)8-2-6-10(7-3-8)17(14,15)12-9-4-5-9/h2-3,6-7,9,12H,4-5H2,1H3. The molecule has 0 amide bonds. The van der Waals surface area contributed by atoms with E-state index in [0.717, 1.165) is 12.8 Å². The van der Waals surface area contributed by atoms with Crippen molar-refractivity contribution in [3.63, 3.8) is 0 Å². The molecule has 1 aliphatic rings. The van der Waals surface area contributed by atoms with Gasteiger partial charge in [-0.25, -0.2) is 17.9 Å². The Morgan fingerprint density at radius 3 is 2.35 bits per heavy atom. The molecule has 0 saturated heterocycles. The summed E-state index contributed by atoms with van der Waals surface area (Å²) in [5.74, 6) is -0.482. The molecule has 1 saturated carbocycles. The number of esters is 1. The summed E-state index contributed by atoms with van der Waals surface area (Å²) in [4.78, 5) is 11.3. The summed E-state index contributed by atoms with van der Waals surface area (Å²) in [6.07, 6.45) is 1.78. The summed E-state index contributed by atoms with van der Waals surface area (Å²) in [5, 5.41) is 0. The molecule has 0 spiro atoms. The summed E-state index contributed by atoms with van der Waals surface area (Å²) < 4.78 is 30.7. The molecule has 0 radical (unpaired) electrons. The van der Waals surface area contributed by atoms with E-state index in [1.807, 2.05) is 0 Å². The molecule has 0 bridgehead atoms. The Morgan fingerprint density at radius 2 is 1.88 bits per heavy atom. The number of ether oxygens (including phenoxy) is 1. The fourth-order valence-electron chi connectivity index (χ4n) is 1.38. The van der Waals surface area contributed by atoms with Gasteiger partial charge in [0, 0.05) is 6.04 Å². The van der Waals surface area contributed by atoms with Crippen LogP contribution in [0, 0.1) is 0 Å². The van der Waals surface area contributed by atoms with Crippen LogP contribution < -0.4 is 4.72 Å². The lowest BCUT2D eigenvalue weighted by Crippen LogP contribution is -2.25. The Morgan fingerprint density at radius 1 is 1.29 bits per heavy atom. The van der Waals surface area contributed by atoms with E-state index in [1.165, 1.54) is 31.4 Å². The minimum Gasteiger partial charge on any atom is -0.465 e. The molecule has 0 unspecified atom stereocenters. The van der Waals surface area contributed by atoms with Gasteiger partial charge in [0.1, 0.15) is 0 Å². The van der Waals surface area contributed by atoms with E-state index in [9.17, 15) is 13.2 Å². The zero-order chi connectivity index (χ0) is 12.5. The van der Waals surface area contributed by atoms with Gasteiger partial charge in [-0.2, -0.15) is 0 Å². The van der Waals surface area contributed by atoms with Crippen LogP contribution in [0.2, 0.25) is 0 Å². The van der Waals surface area contributed by atoms with Crippen LogP contribution in [0.4, 0.5) is 0 Å². The first kappa shape index (κ1) is 12.1. The molecule has 1 aliphatic carbocycles. The van der Waals surface area contributed by atoms with Gasteiger partial charge in [0.2, 0.25) is 10.0 Å². The van der Waals surface area contributed by atoms with Gasteiger partial charge in [-0.05, 0) is 37.1 Å². The lowest BCUT2D eigenvalue weighted by atomic mass is 10.2. The maximum atomic E-state index is 11.8. The minimum atomic E-state index is -3.45. The van der Waals surface area contributed by atoms with Crippen molar-refractivity contribution in [2.75, 3.05) is 7.11 Å². The third-order valence-corrected chi connectivity index (χ3v) is 4.02. The van der Waals surface area contributed by atoms with E-state index < -0.39 is 16.0 Å². The Balaban J connectivity index is 2.19. The molecule has 0 atom stereocenters. The second-order valence-corrected chi connectivity index (χ2v) is 5.63. The number of nitrogens with one attached hydrogen (secondary N) is 1. The van der Waals surface area contributed by atoms with E-state index in [1.54, 1.807) is 0 Å². The topological polar surface area (TPSA) is 72.5 Å². The van der Waals surface area contributed by atoms with E-state index in [4.69, 9.17) is 0 Å². The Kier molecular flexibility index (Phi) is 3.17. The molecule has 0 aromatic heterocycles. The second-order valence-electron chi connectivity index (χ2n) is 3.91. The minimum absolute atomic E-state index is 0.0697. The largest absolute Gasteiger partial charge is 0.465 e. The van der Waals surface area contributed by atoms with E-state index in [-0.39, 0.29) is 10.9 Å². The molecule has 6 heteroatoms. The van der Waals surface area contributed by atoms with Crippen molar-refractivity contribution in [2.24, 2.45) is 0 Å². The molecule has 5 nitrogen and oxygen atoms in total. The van der Waals surface area contributed by atoms with Crippen molar-refractivity contribution in [3.05, 3.63) is 29.8 Å². The van der Waals surface area contributed by atoms with Gasteiger partial charge in [0.15, 0.2) is 0 Å². The highest BCUT2D eigenvalue weighted by atomic mass is 32.2. The molecule has 1 N–H and O–H groups in total. The van der Waals surface area contributed by atoms with Crippen LogP contribution in [-0.2, 0) is 14.8 Å². The Labute approximate surface area is 99.8 Å². The van der Waals surface area contributed by atoms with Crippen molar-refractivity contribution in [2.45, 2.75) is 23.8 Å². The number of carbonyl (C=O) groups is 1. The molecule has 1 aromatic carbocycles. The van der Waals surface area contributed by atoms with Crippen molar-refractivity contribution < 1.29 is 17.9 Å². The molecular formula is C11H13NO4S. The number of hydrogen-bond donors (Lipinski definition) is 1. The lowest BCUT2D eigenvalue weighted by Gasteiger charge is -2.05. The number of methoxy groups -OCH3 is 1. The summed E-state index contributed by atoms with van der Waals surface area (Å²) >= 11 is 0. The molecule has 17 heavy (non-hydrogen) atoms. The first-order chi connectivity index (χ1) is 8.03. The highest BCUT2D eigenvalue weighted by Gasteiger charge is 2.27. The maximum Gasteiger partial charge on any atom is 0.337 e. The highest BCUT2D eigenvalue weighted by molar-refractivity contribution is 7.89. The van der Waals surface area contributed by atoms with Gasteiger partial charge in [-0.3, -0.25) is 0 Å². The molecule has 2 rings (SSSR count). The number of sulfonamides is 1. The van der Waals surface area contributed by atoms with Crippen molar-refractivity contribution in [1.82, 2.24) is 4.72 Å². The number of benzene rings is 1. The van der Waals surface area contributed by atoms with Crippen molar-refractivity contribution >= 4 is 16.0 Å². The summed E-state index contributed by atoms with van der Waals surface area (Å²) in [6.45, 7) is 0. The third-order valence-electron chi connectivity index (χ3n) is 2.48. The second kappa shape index (κ2) is 4.46. The maximum absolute atomic E-state index is 11.8. The van der Waals surface area contributed by atoms with Crippen LogP contribution in [0.15, 0.2) is 29.2 Å². The van der Waals surface area contributed by atoms with Crippen LogP contribution in [0.25, 0.3) is 0 Å². The lowest BCUT2D eigenvalue weighted by molar-refractivity contribution is 0.0600. The van der Waals surface area contributed by atoms with E-state index >= 15 is 0 Å². The fraction of sp³-hybridized carbons (Fsp3) is 0.364. The quantitative estimate of drug-likeness (QED) is 0.812. The Bertz CT molecular complexity index is 517. The zero-order valence-corrected chi connectivity index (χ0v) is 10.2. The van der Waals surface area contributed by atoms with Gasteiger partial charge in [-0.1, -0.05) is 0 Å². The molecule has 92 valence electrons. The van der Waals surface area contributed by atoms with E-state index in [2.05, 4.69) is 9.46 Å². The third kappa shape index (κ3) is 2.83. The predicted molar refractivity (Wildman–Crippen MR) is 61.1 cm³/mol. The first-order valence-corrected chi connectivity index (χ1v) is 6.72. The number of hydrogen-bond acceptors (Lipinski definition) is 4. The zero-order valence-electron chi connectivity index (χ0n) is 9.34. The van der Waals surface area contributed by atoms with Gasteiger partial charge >= 0.3 is 5.97 Å². The predicted octanol–water partition coefficient (Wildman–Crippen LogP) is 0.914. The highest BCUT2D eigenvalue weighted by Crippen LogP contribution is 2.22. The van der Waals surface area contributed by atoms with Crippen LogP contribution >= 0.6 is 0 Å². The van der Waals surface area contributed by atoms with Crippen LogP contribution in [-0.4, -0.2) is 27.5 Å². The van der Waals surface area contributed by atoms with Crippen LogP contribution in [0.5, 0.6) is 0 Å². The van der Waals surface area contributed by atoms with Gasteiger partial charge in [-0.15, -0.1) is 0 Å². The number of rotatable bonds is 4.